The van der Waals surface area contributed by atoms with Gasteiger partial charge in [-0.05, 0) is 33.4 Å². The third-order valence-electron chi connectivity index (χ3n) is 16.0. The summed E-state index contributed by atoms with van der Waals surface area (Å²) in [5.41, 5.74) is 9.67. The summed E-state index contributed by atoms with van der Waals surface area (Å²) in [5, 5.41) is 56.7. The van der Waals surface area contributed by atoms with E-state index in [4.69, 9.17) is 59.7 Å². The monoisotopic (exact) mass is 1210 g/mol. The molecule has 0 amide bonds. The van der Waals surface area contributed by atoms with Crippen molar-refractivity contribution in [2.45, 2.75) is 78.9 Å². The van der Waals surface area contributed by atoms with Crippen LogP contribution in [0.25, 0.3) is 0 Å². The van der Waals surface area contributed by atoms with E-state index < -0.39 is 0 Å². The Kier molecular flexibility index (Phi) is 19.8. The molecule has 0 saturated carbocycles. The van der Waals surface area contributed by atoms with E-state index in [9.17, 15) is 0 Å². The summed E-state index contributed by atoms with van der Waals surface area (Å²) in [4.78, 5) is 0. The zero-order chi connectivity index (χ0) is 60.5. The number of hydrogen-bond donors (Lipinski definition) is 0. The molecular weight excluding hydrogens is 1140 g/mol. The minimum Gasteiger partial charge on any atom is -0.374 e. The van der Waals surface area contributed by atoms with Gasteiger partial charge in [-0.1, -0.05) is 177 Å². The largest absolute Gasteiger partial charge is 0.374 e. The molecular formula is C66H72N18O6. The molecule has 7 aromatic rings. The van der Waals surface area contributed by atoms with Gasteiger partial charge in [0.25, 0.3) is 0 Å². The second-order valence-electron chi connectivity index (χ2n) is 23.0. The second kappa shape index (κ2) is 29.8. The number of allylic oxidation sites excluding steroid dienone is 12. The summed E-state index contributed by atoms with van der Waals surface area (Å²) in [6.45, 7) is 6.40. The molecule has 6 heterocycles. The number of aromatic nitrogens is 18. The Morgan fingerprint density at radius 2 is 0.367 bits per heavy atom. The van der Waals surface area contributed by atoms with Gasteiger partial charge >= 0.3 is 0 Å². The Balaban J connectivity index is 0.931. The standard InChI is InChI=1S/C66H72N18O6/c1-2-14-49(13-1)37-85-43-55-25-79(73-67-55)31-61-62(32-80-26-56(68-74-80)44-86-38-50-15-3-4-16-50)64(34-82-28-58(70-76-82)46-88-40-52-19-7-8-20-52)66(36-84-30-60(72-78-84)48-90-42-54-23-11-12-24-54)65(35-83-29-59(71-77-83)47-89-41-53-21-9-10-22-53)63(61)33-81-27-57(69-75-81)45-87-39-51-17-5-6-18-51/h1-30,49-54H,31-48H2. The molecule has 462 valence electrons. The van der Waals surface area contributed by atoms with E-state index in [0.29, 0.717) is 73.8 Å². The molecule has 6 aliphatic rings. The Morgan fingerprint density at radius 1 is 0.222 bits per heavy atom. The van der Waals surface area contributed by atoms with Gasteiger partial charge in [-0.25, -0.2) is 28.1 Å². The molecule has 1 aromatic carbocycles. The maximum Gasteiger partial charge on any atom is 0.108 e. The van der Waals surface area contributed by atoms with Crippen LogP contribution in [0.2, 0.25) is 0 Å². The van der Waals surface area contributed by atoms with Crippen LogP contribution in [-0.4, -0.2) is 130 Å². The van der Waals surface area contributed by atoms with Gasteiger partial charge in [0.15, 0.2) is 0 Å². The van der Waals surface area contributed by atoms with E-state index in [-0.39, 0.29) is 114 Å². The smallest absolute Gasteiger partial charge is 0.108 e. The van der Waals surface area contributed by atoms with Gasteiger partial charge in [-0.3, -0.25) is 0 Å². The summed E-state index contributed by atoms with van der Waals surface area (Å²) < 4.78 is 48.4. The fourth-order valence-corrected chi connectivity index (χ4v) is 11.4. The van der Waals surface area contributed by atoms with Crippen molar-refractivity contribution in [1.29, 1.82) is 0 Å². The lowest BCUT2D eigenvalue weighted by Gasteiger charge is -2.27. The normalized spacial score (nSPS) is 16.3. The van der Waals surface area contributed by atoms with Crippen molar-refractivity contribution in [2.24, 2.45) is 35.5 Å². The molecule has 0 bridgehead atoms. The van der Waals surface area contributed by atoms with Crippen LogP contribution in [0.5, 0.6) is 0 Å². The molecule has 90 heavy (non-hydrogen) atoms. The highest BCUT2D eigenvalue weighted by Gasteiger charge is 2.28. The maximum atomic E-state index is 6.21. The highest BCUT2D eigenvalue weighted by atomic mass is 16.5. The Labute approximate surface area is 520 Å². The molecule has 24 nitrogen and oxygen atoms in total. The van der Waals surface area contributed by atoms with E-state index in [1.54, 1.807) is 0 Å². The molecule has 6 aromatic heterocycles. The first-order valence-electron chi connectivity index (χ1n) is 30.6. The van der Waals surface area contributed by atoms with Crippen molar-refractivity contribution in [2.75, 3.05) is 39.6 Å². The zero-order valence-corrected chi connectivity index (χ0v) is 50.0. The van der Waals surface area contributed by atoms with E-state index in [1.165, 1.54) is 0 Å². The van der Waals surface area contributed by atoms with Crippen LogP contribution >= 0.6 is 0 Å². The SMILES string of the molecule is C1=CC(COCc2cn(Cc3c(Cn4cc(COCC5C=CC=C5)nn4)c(Cn4cc(COCC5C=CC=C5)nn4)c(Cn4cc(COCC5C=CC=C5)nn4)c(Cn4cc(COCC5C=CC=C5)nn4)c3Cn3cc(COCC4C=CC=C4)nn3)nn2)C=C1. The summed E-state index contributed by atoms with van der Waals surface area (Å²) in [6.07, 6.45) is 61.6. The number of hydrogen-bond acceptors (Lipinski definition) is 18. The third kappa shape index (κ3) is 16.3. The van der Waals surface area contributed by atoms with Crippen LogP contribution in [0.4, 0.5) is 0 Å². The van der Waals surface area contributed by atoms with Gasteiger partial charge in [-0.15, -0.1) is 30.6 Å². The van der Waals surface area contributed by atoms with Crippen molar-refractivity contribution >= 4 is 0 Å². The fourth-order valence-electron chi connectivity index (χ4n) is 11.4. The van der Waals surface area contributed by atoms with Gasteiger partial charge in [0.2, 0.25) is 0 Å². The van der Waals surface area contributed by atoms with E-state index in [0.717, 1.165) is 33.4 Å². The van der Waals surface area contributed by atoms with Crippen molar-refractivity contribution in [3.63, 3.8) is 0 Å². The van der Waals surface area contributed by atoms with Gasteiger partial charge in [0.1, 0.15) is 34.2 Å². The highest BCUT2D eigenvalue weighted by molar-refractivity contribution is 5.53. The summed E-state index contributed by atoms with van der Waals surface area (Å²) >= 11 is 0. The predicted molar refractivity (Wildman–Crippen MR) is 330 cm³/mol. The van der Waals surface area contributed by atoms with Crippen LogP contribution in [0.15, 0.2) is 183 Å². The van der Waals surface area contributed by atoms with Crippen LogP contribution < -0.4 is 0 Å². The van der Waals surface area contributed by atoms with Gasteiger partial charge in [-0.2, -0.15) is 0 Å². The number of benzene rings is 1. The number of ether oxygens (including phenoxy) is 6. The molecule has 0 fully saturated rings. The Bertz CT molecular complexity index is 3190. The quantitative estimate of drug-likeness (QED) is 0.0381. The number of rotatable bonds is 36. The minimum atomic E-state index is 0.200. The molecule has 0 aliphatic heterocycles. The number of nitrogens with zero attached hydrogens (tertiary/aromatic N) is 18. The average Bonchev–Trinajstić information content (AvgIpc) is 1.09. The first-order valence-corrected chi connectivity index (χ1v) is 30.6. The van der Waals surface area contributed by atoms with Crippen molar-refractivity contribution in [1.82, 2.24) is 90.0 Å². The first kappa shape index (κ1) is 59.7. The molecule has 0 unspecified atom stereocenters. The van der Waals surface area contributed by atoms with E-state index in [1.807, 2.05) is 138 Å². The van der Waals surface area contributed by atoms with Gasteiger partial charge in [0.05, 0.1) is 156 Å². The summed E-state index contributed by atoms with van der Waals surface area (Å²) in [7, 11) is 0. The molecule has 0 saturated heterocycles. The average molecular weight is 1210 g/mol. The molecule has 0 atom stereocenters. The highest BCUT2D eigenvalue weighted by Crippen LogP contribution is 2.34. The Hall–Kier alpha value is -9.30. The Morgan fingerprint density at radius 3 is 0.511 bits per heavy atom. The summed E-state index contributed by atoms with van der Waals surface area (Å²) in [5.74, 6) is 1.20. The van der Waals surface area contributed by atoms with Crippen LogP contribution in [0.1, 0.15) is 67.5 Å². The molecule has 6 aliphatic carbocycles. The lowest BCUT2D eigenvalue weighted by molar-refractivity contribution is 0.108. The molecule has 13 rings (SSSR count). The van der Waals surface area contributed by atoms with Crippen LogP contribution in [0.3, 0.4) is 0 Å². The van der Waals surface area contributed by atoms with Gasteiger partial charge in [0, 0.05) is 35.5 Å². The third-order valence-corrected chi connectivity index (χ3v) is 16.0. The van der Waals surface area contributed by atoms with E-state index >= 15 is 0 Å². The molecule has 0 N–H and O–H groups in total. The second-order valence-corrected chi connectivity index (χ2v) is 23.0. The van der Waals surface area contributed by atoms with Crippen molar-refractivity contribution in [3.8, 4) is 0 Å². The van der Waals surface area contributed by atoms with Crippen LogP contribution in [-0.2, 0) is 107 Å². The van der Waals surface area contributed by atoms with Crippen LogP contribution in [0, 0.1) is 35.5 Å². The molecule has 0 spiro atoms. The molecule has 24 heteroatoms. The first-order chi connectivity index (χ1) is 44.5. The van der Waals surface area contributed by atoms with Gasteiger partial charge < -0.3 is 28.4 Å². The van der Waals surface area contributed by atoms with Crippen molar-refractivity contribution in [3.05, 3.63) is 251 Å². The predicted octanol–water partition coefficient (Wildman–Crippen LogP) is 7.08. The lowest BCUT2D eigenvalue weighted by atomic mass is 9.85. The summed E-state index contributed by atoms with van der Waals surface area (Å²) in [6, 6.07) is 0. The lowest BCUT2D eigenvalue weighted by Crippen LogP contribution is -2.24. The fraction of sp³-hybridized carbons (Fsp3) is 0.364. The minimum absolute atomic E-state index is 0.200. The van der Waals surface area contributed by atoms with Crippen molar-refractivity contribution < 1.29 is 28.4 Å². The van der Waals surface area contributed by atoms with E-state index in [2.05, 4.69) is 104 Å². The topological polar surface area (TPSA) is 240 Å². The maximum absolute atomic E-state index is 6.21. The zero-order valence-electron chi connectivity index (χ0n) is 50.0. The molecule has 0 radical (unpaired) electrons.